The molecule has 0 amide bonds. The zero-order chi connectivity index (χ0) is 19.0. The molecule has 6 heteroatoms. The number of fused-ring (bicyclic) bond motifs is 1. The maximum Gasteiger partial charge on any atom is 0.161 e. The maximum absolute atomic E-state index is 6.14. The van der Waals surface area contributed by atoms with E-state index in [4.69, 9.17) is 21.1 Å². The second-order valence-electron chi connectivity index (χ2n) is 6.29. The third kappa shape index (κ3) is 3.04. The first-order valence-corrected chi connectivity index (χ1v) is 9.01. The first kappa shape index (κ1) is 17.5. The molecule has 0 N–H and O–H groups in total. The Morgan fingerprint density at radius 3 is 2.59 bits per heavy atom. The average molecular weight is 382 g/mol. The van der Waals surface area contributed by atoms with Crippen LogP contribution in [0.3, 0.4) is 0 Å². The number of ether oxygens (including phenoxy) is 2. The van der Waals surface area contributed by atoms with Gasteiger partial charge in [0, 0.05) is 16.8 Å². The molecule has 2 heterocycles. The average Bonchev–Trinajstić information content (AvgIpc) is 3.11. The van der Waals surface area contributed by atoms with Gasteiger partial charge in [-0.2, -0.15) is 0 Å². The van der Waals surface area contributed by atoms with Crippen LogP contribution in [-0.2, 0) is 0 Å². The number of hydrogen-bond acceptors (Lipinski definition) is 5. The van der Waals surface area contributed by atoms with E-state index in [0.29, 0.717) is 11.5 Å². The van der Waals surface area contributed by atoms with E-state index in [1.165, 1.54) is 0 Å². The standard InChI is InChI=1S/C21H20ClN3O2/c1-14-12-16(22)5-6-17(14)24-11-9-21-23-10-8-18(25(21)24)15-4-7-19(26-2)20(13-15)27-3/h4-10,12-13H,11H2,1-3H3. The number of hydrazine groups is 1. The number of halogens is 1. The van der Waals surface area contributed by atoms with Gasteiger partial charge in [0.15, 0.2) is 11.5 Å². The van der Waals surface area contributed by atoms with Crippen LogP contribution < -0.4 is 14.5 Å². The van der Waals surface area contributed by atoms with Crippen LogP contribution in [0.4, 0.5) is 5.69 Å². The quantitative estimate of drug-likeness (QED) is 0.771. The Bertz CT molecular complexity index is 981. The van der Waals surface area contributed by atoms with E-state index in [1.807, 2.05) is 48.7 Å². The highest BCUT2D eigenvalue weighted by Gasteiger charge is 2.30. The third-order valence-corrected chi connectivity index (χ3v) is 4.92. The van der Waals surface area contributed by atoms with E-state index < -0.39 is 0 Å². The smallest absolute Gasteiger partial charge is 0.161 e. The van der Waals surface area contributed by atoms with E-state index in [1.54, 1.807) is 14.2 Å². The van der Waals surface area contributed by atoms with Crippen molar-refractivity contribution in [2.45, 2.75) is 6.92 Å². The molecule has 2 aromatic rings. The molecule has 2 aromatic carbocycles. The molecular weight excluding hydrogens is 362 g/mol. The molecule has 0 bridgehead atoms. The summed E-state index contributed by atoms with van der Waals surface area (Å²) >= 11 is 6.14. The normalized spacial score (nSPS) is 15.4. The highest BCUT2D eigenvalue weighted by atomic mass is 35.5. The van der Waals surface area contributed by atoms with Crippen molar-refractivity contribution in [1.29, 1.82) is 0 Å². The van der Waals surface area contributed by atoms with Crippen LogP contribution in [0.15, 0.2) is 59.4 Å². The van der Waals surface area contributed by atoms with Gasteiger partial charge in [-0.3, -0.25) is 5.01 Å². The van der Waals surface area contributed by atoms with E-state index >= 15 is 0 Å². The molecule has 0 fully saturated rings. The predicted molar refractivity (Wildman–Crippen MR) is 109 cm³/mol. The van der Waals surface area contributed by atoms with Gasteiger partial charge < -0.3 is 9.47 Å². The minimum Gasteiger partial charge on any atom is -0.493 e. The highest BCUT2D eigenvalue weighted by molar-refractivity contribution is 6.30. The number of methoxy groups -OCH3 is 2. The van der Waals surface area contributed by atoms with Crippen molar-refractivity contribution in [1.82, 2.24) is 5.01 Å². The van der Waals surface area contributed by atoms with Gasteiger partial charge in [-0.15, -0.1) is 0 Å². The van der Waals surface area contributed by atoms with Gasteiger partial charge in [-0.25, -0.2) is 10.0 Å². The molecule has 0 aliphatic carbocycles. The Labute approximate surface area is 163 Å². The van der Waals surface area contributed by atoms with Crippen molar-refractivity contribution in [3.05, 3.63) is 70.5 Å². The van der Waals surface area contributed by atoms with Crippen LogP contribution >= 0.6 is 11.6 Å². The lowest BCUT2D eigenvalue weighted by molar-refractivity contribution is 0.354. The lowest BCUT2D eigenvalue weighted by Crippen LogP contribution is -2.37. The zero-order valence-corrected chi connectivity index (χ0v) is 16.2. The summed E-state index contributed by atoms with van der Waals surface area (Å²) in [5.74, 6) is 2.29. The van der Waals surface area contributed by atoms with Crippen molar-refractivity contribution < 1.29 is 9.47 Å². The van der Waals surface area contributed by atoms with E-state index in [-0.39, 0.29) is 0 Å². The first-order valence-electron chi connectivity index (χ1n) is 8.63. The van der Waals surface area contributed by atoms with Crippen molar-refractivity contribution >= 4 is 29.2 Å². The third-order valence-electron chi connectivity index (χ3n) is 4.69. The lowest BCUT2D eigenvalue weighted by Gasteiger charge is -2.36. The fourth-order valence-corrected chi connectivity index (χ4v) is 3.63. The summed E-state index contributed by atoms with van der Waals surface area (Å²) < 4.78 is 10.8. The molecular formula is C21H20ClN3O2. The Morgan fingerprint density at radius 1 is 1.04 bits per heavy atom. The molecule has 0 radical (unpaired) electrons. The van der Waals surface area contributed by atoms with Crippen LogP contribution in [-0.4, -0.2) is 32.0 Å². The summed E-state index contributed by atoms with van der Waals surface area (Å²) in [5, 5.41) is 5.05. The van der Waals surface area contributed by atoms with E-state index in [9.17, 15) is 0 Å². The predicted octanol–water partition coefficient (Wildman–Crippen LogP) is 4.67. The minimum absolute atomic E-state index is 0.692. The summed E-state index contributed by atoms with van der Waals surface area (Å²) in [5.41, 5.74) is 4.24. The number of aryl methyl sites for hydroxylation is 1. The number of rotatable bonds is 4. The van der Waals surface area contributed by atoms with E-state index in [2.05, 4.69) is 28.0 Å². The fraction of sp³-hybridized carbons (Fsp3) is 0.190. The van der Waals surface area contributed by atoms with Crippen molar-refractivity contribution in [2.75, 3.05) is 25.8 Å². The van der Waals surface area contributed by atoms with Crippen LogP contribution in [0.25, 0.3) is 5.70 Å². The van der Waals surface area contributed by atoms with Crippen LogP contribution in [0.1, 0.15) is 11.1 Å². The molecule has 5 nitrogen and oxygen atoms in total. The first-order chi connectivity index (χ1) is 13.1. The molecule has 2 aliphatic heterocycles. The SMILES string of the molecule is COc1ccc(C2=CC=NC3=CCN(c4ccc(Cl)cc4C)N32)cc1OC. The molecule has 0 atom stereocenters. The maximum atomic E-state index is 6.14. The van der Waals surface area contributed by atoms with Gasteiger partial charge in [-0.1, -0.05) is 11.6 Å². The highest BCUT2D eigenvalue weighted by Crippen LogP contribution is 2.39. The Kier molecular flexibility index (Phi) is 4.54. The van der Waals surface area contributed by atoms with Gasteiger partial charge in [0.1, 0.15) is 5.82 Å². The van der Waals surface area contributed by atoms with Crippen molar-refractivity contribution in [3.8, 4) is 11.5 Å². The minimum atomic E-state index is 0.692. The molecule has 0 spiro atoms. The number of aliphatic imine (C=N–C) groups is 1. The summed E-state index contributed by atoms with van der Waals surface area (Å²) in [4.78, 5) is 4.53. The zero-order valence-electron chi connectivity index (χ0n) is 15.4. The molecule has 2 aliphatic rings. The number of allylic oxidation sites excluding steroid dienone is 1. The van der Waals surface area contributed by atoms with Crippen molar-refractivity contribution in [2.24, 2.45) is 4.99 Å². The van der Waals surface area contributed by atoms with Gasteiger partial charge in [0.2, 0.25) is 0 Å². The Hall–Kier alpha value is -2.92. The Morgan fingerprint density at radius 2 is 1.85 bits per heavy atom. The molecule has 0 saturated carbocycles. The molecule has 0 saturated heterocycles. The van der Waals surface area contributed by atoms with Crippen LogP contribution in [0.5, 0.6) is 11.5 Å². The van der Waals surface area contributed by atoms with Gasteiger partial charge in [-0.05, 0) is 61.0 Å². The van der Waals surface area contributed by atoms with Gasteiger partial charge in [0.05, 0.1) is 32.1 Å². The van der Waals surface area contributed by atoms with Crippen LogP contribution in [0, 0.1) is 6.92 Å². The molecule has 0 aromatic heterocycles. The number of hydrogen-bond donors (Lipinski definition) is 0. The van der Waals surface area contributed by atoms with Gasteiger partial charge >= 0.3 is 0 Å². The topological polar surface area (TPSA) is 37.3 Å². The fourth-order valence-electron chi connectivity index (χ4n) is 3.40. The second-order valence-corrected chi connectivity index (χ2v) is 6.72. The number of benzene rings is 2. The number of nitrogens with zero attached hydrogens (tertiary/aromatic N) is 3. The largest absolute Gasteiger partial charge is 0.493 e. The summed E-state index contributed by atoms with van der Waals surface area (Å²) in [6.45, 7) is 2.80. The Balaban J connectivity index is 1.76. The van der Waals surface area contributed by atoms with Crippen LogP contribution in [0.2, 0.25) is 5.02 Å². The van der Waals surface area contributed by atoms with Crippen molar-refractivity contribution in [3.63, 3.8) is 0 Å². The molecule has 138 valence electrons. The lowest BCUT2D eigenvalue weighted by atomic mass is 10.1. The molecule has 27 heavy (non-hydrogen) atoms. The summed E-state index contributed by atoms with van der Waals surface area (Å²) in [7, 11) is 3.28. The summed E-state index contributed by atoms with van der Waals surface area (Å²) in [6, 6.07) is 11.8. The van der Waals surface area contributed by atoms with E-state index in [0.717, 1.165) is 39.9 Å². The molecule has 0 unspecified atom stereocenters. The summed E-state index contributed by atoms with van der Waals surface area (Å²) in [6.07, 6.45) is 5.94. The second kappa shape index (κ2) is 7.00. The molecule has 4 rings (SSSR count). The monoisotopic (exact) mass is 381 g/mol. The van der Waals surface area contributed by atoms with Gasteiger partial charge in [0.25, 0.3) is 0 Å². The number of anilines is 1.